The molecule has 3 amide bonds. The van der Waals surface area contributed by atoms with Crippen LogP contribution in [0.25, 0.3) is 0 Å². The zero-order valence-corrected chi connectivity index (χ0v) is 25.4. The van der Waals surface area contributed by atoms with Gasteiger partial charge in [-0.15, -0.1) is 0 Å². The number of benzene rings is 2. The van der Waals surface area contributed by atoms with Crippen molar-refractivity contribution >= 4 is 17.7 Å². The lowest BCUT2D eigenvalue weighted by Gasteiger charge is -2.42. The first-order valence-electron chi connectivity index (χ1n) is 14.7. The maximum absolute atomic E-state index is 14.0. The Labute approximate surface area is 257 Å². The van der Waals surface area contributed by atoms with Crippen LogP contribution in [0.5, 0.6) is 0 Å². The van der Waals surface area contributed by atoms with E-state index in [1.54, 1.807) is 22.8 Å². The molecular formula is C32H36F7N3O3. The number of carbonyl (C=O) groups excluding carboxylic acids is 3. The highest BCUT2D eigenvalue weighted by Gasteiger charge is 2.42. The average molecular weight is 644 g/mol. The molecule has 0 unspecified atom stereocenters. The summed E-state index contributed by atoms with van der Waals surface area (Å²) in [5.41, 5.74) is -2.10. The maximum atomic E-state index is 14.0. The van der Waals surface area contributed by atoms with Gasteiger partial charge in [-0.05, 0) is 80.1 Å². The molecule has 0 aliphatic carbocycles. The summed E-state index contributed by atoms with van der Waals surface area (Å²) >= 11 is 0. The topological polar surface area (TPSA) is 60.9 Å². The lowest BCUT2D eigenvalue weighted by atomic mass is 9.77. The van der Waals surface area contributed by atoms with E-state index in [0.717, 1.165) is 4.90 Å². The van der Waals surface area contributed by atoms with Crippen molar-refractivity contribution in [2.45, 2.75) is 64.3 Å². The molecule has 45 heavy (non-hydrogen) atoms. The predicted octanol–water partition coefficient (Wildman–Crippen LogP) is 6.58. The molecule has 3 atom stereocenters. The highest BCUT2D eigenvalue weighted by atomic mass is 19.4. The second-order valence-corrected chi connectivity index (χ2v) is 12.0. The minimum atomic E-state index is -5.04. The van der Waals surface area contributed by atoms with Crippen molar-refractivity contribution in [1.29, 1.82) is 0 Å². The number of amides is 3. The molecule has 2 heterocycles. The number of likely N-dealkylation sites (tertiary alicyclic amines) is 2. The number of nitrogens with zero attached hydrogens (tertiary/aromatic N) is 3. The normalized spacial score (nSPS) is 20.6. The average Bonchev–Trinajstić information content (AvgIpc) is 2.98. The summed E-state index contributed by atoms with van der Waals surface area (Å²) in [5.74, 6) is -2.87. The number of halogens is 7. The van der Waals surface area contributed by atoms with Crippen LogP contribution in [0.2, 0.25) is 0 Å². The van der Waals surface area contributed by atoms with Gasteiger partial charge in [-0.2, -0.15) is 26.3 Å². The van der Waals surface area contributed by atoms with Gasteiger partial charge in [0.15, 0.2) is 0 Å². The first-order chi connectivity index (χ1) is 20.9. The van der Waals surface area contributed by atoms with Crippen molar-refractivity contribution in [2.24, 2.45) is 11.8 Å². The summed E-state index contributed by atoms with van der Waals surface area (Å²) < 4.78 is 95.2. The van der Waals surface area contributed by atoms with Crippen molar-refractivity contribution in [3.8, 4) is 0 Å². The Morgan fingerprint density at radius 3 is 1.93 bits per heavy atom. The summed E-state index contributed by atoms with van der Waals surface area (Å²) in [6.45, 7) is 5.75. The van der Waals surface area contributed by atoms with Gasteiger partial charge in [0.1, 0.15) is 5.82 Å². The van der Waals surface area contributed by atoms with Gasteiger partial charge in [-0.3, -0.25) is 14.4 Å². The molecule has 0 aromatic heterocycles. The van der Waals surface area contributed by atoms with E-state index in [4.69, 9.17) is 0 Å². The van der Waals surface area contributed by atoms with Crippen LogP contribution in [0.15, 0.2) is 36.4 Å². The Morgan fingerprint density at radius 1 is 0.867 bits per heavy atom. The number of aryl methyl sites for hydroxylation is 1. The first-order valence-corrected chi connectivity index (χ1v) is 14.7. The lowest BCUT2D eigenvalue weighted by molar-refractivity contribution is -0.145. The van der Waals surface area contributed by atoms with Gasteiger partial charge in [0.2, 0.25) is 17.7 Å². The molecule has 13 heteroatoms. The fourth-order valence-corrected chi connectivity index (χ4v) is 6.41. The van der Waals surface area contributed by atoms with Gasteiger partial charge in [-0.25, -0.2) is 4.39 Å². The Hall–Kier alpha value is -3.64. The van der Waals surface area contributed by atoms with Crippen molar-refractivity contribution in [1.82, 2.24) is 14.7 Å². The summed E-state index contributed by atoms with van der Waals surface area (Å²) in [6.07, 6.45) is -8.90. The van der Waals surface area contributed by atoms with Gasteiger partial charge in [0, 0.05) is 57.9 Å². The molecule has 0 saturated carbocycles. The Balaban J connectivity index is 1.61. The Morgan fingerprint density at radius 2 is 1.42 bits per heavy atom. The molecule has 0 N–H and O–H groups in total. The zero-order chi connectivity index (χ0) is 33.4. The van der Waals surface area contributed by atoms with Crippen LogP contribution in [0.1, 0.15) is 72.9 Å². The summed E-state index contributed by atoms with van der Waals surface area (Å²) in [7, 11) is 1.33. The third-order valence-corrected chi connectivity index (χ3v) is 9.18. The van der Waals surface area contributed by atoms with E-state index in [1.807, 2.05) is 0 Å². The molecule has 246 valence electrons. The number of hydrogen-bond acceptors (Lipinski definition) is 3. The van der Waals surface area contributed by atoms with Crippen LogP contribution in [-0.2, 0) is 26.7 Å². The molecule has 0 bridgehead atoms. The quantitative estimate of drug-likeness (QED) is 0.346. The first kappa shape index (κ1) is 34.2. The summed E-state index contributed by atoms with van der Waals surface area (Å²) in [5, 5.41) is 0. The maximum Gasteiger partial charge on any atom is 0.416 e. The standard InChI is InChI=1S/C32H36F7N3O3/c1-18-13-25(33)5-6-26(18)28-17-42(29(44)21-7-10-41(11-8-21)20(3)43)12-9-27(28)30(45)40(4)19(2)22-14-23(31(34,35)36)16-24(15-22)32(37,38)39/h5-6,13-16,19,21,27-28H,7-12,17H2,1-4H3/t19-,27+,28-/m1/s1. The largest absolute Gasteiger partial charge is 0.416 e. The highest BCUT2D eigenvalue weighted by Crippen LogP contribution is 2.40. The second kappa shape index (κ2) is 13.0. The number of carbonyl (C=O) groups is 3. The SMILES string of the molecule is CC(=O)N1CCC(C(=O)N2CC[C@H](C(=O)N(C)[C@H](C)c3cc(C(F)(F)F)cc(C(F)(F)F)c3)[C@@H](c3ccc(F)cc3C)C2)CC1. The van der Waals surface area contributed by atoms with Gasteiger partial charge >= 0.3 is 12.4 Å². The van der Waals surface area contributed by atoms with Gasteiger partial charge in [0.05, 0.1) is 17.2 Å². The molecule has 2 aromatic carbocycles. The smallest absolute Gasteiger partial charge is 0.343 e. The van der Waals surface area contributed by atoms with Crippen molar-refractivity contribution in [2.75, 3.05) is 33.2 Å². The van der Waals surface area contributed by atoms with E-state index >= 15 is 0 Å². The molecule has 0 spiro atoms. The van der Waals surface area contributed by atoms with Gasteiger partial charge < -0.3 is 14.7 Å². The van der Waals surface area contributed by atoms with Crippen LogP contribution in [0.3, 0.4) is 0 Å². The monoisotopic (exact) mass is 643 g/mol. The number of alkyl halides is 6. The predicted molar refractivity (Wildman–Crippen MR) is 151 cm³/mol. The molecule has 2 saturated heterocycles. The van der Waals surface area contributed by atoms with E-state index in [1.165, 1.54) is 33.0 Å². The Kier molecular flexibility index (Phi) is 9.89. The minimum absolute atomic E-state index is 0.0437. The Bertz CT molecular complexity index is 1400. The summed E-state index contributed by atoms with van der Waals surface area (Å²) in [6, 6.07) is 4.22. The van der Waals surface area contributed by atoms with Gasteiger partial charge in [-0.1, -0.05) is 6.07 Å². The van der Waals surface area contributed by atoms with Crippen molar-refractivity contribution < 1.29 is 45.1 Å². The van der Waals surface area contributed by atoms with E-state index in [-0.39, 0.29) is 48.9 Å². The van der Waals surface area contributed by atoms with E-state index < -0.39 is 53.1 Å². The minimum Gasteiger partial charge on any atom is -0.343 e. The third-order valence-electron chi connectivity index (χ3n) is 9.18. The zero-order valence-electron chi connectivity index (χ0n) is 25.4. The van der Waals surface area contributed by atoms with Crippen LogP contribution >= 0.6 is 0 Å². The number of rotatable bonds is 5. The van der Waals surface area contributed by atoms with E-state index in [9.17, 15) is 45.1 Å². The fraction of sp³-hybridized carbons (Fsp3) is 0.531. The molecule has 0 radical (unpaired) electrons. The molecule has 4 rings (SSSR count). The summed E-state index contributed by atoms with van der Waals surface area (Å²) in [4.78, 5) is 43.7. The molecule has 2 fully saturated rings. The van der Waals surface area contributed by atoms with E-state index in [0.29, 0.717) is 49.2 Å². The second-order valence-electron chi connectivity index (χ2n) is 12.0. The van der Waals surface area contributed by atoms with Crippen molar-refractivity contribution in [3.05, 3.63) is 70.0 Å². The molecular weight excluding hydrogens is 607 g/mol. The lowest BCUT2D eigenvalue weighted by Crippen LogP contribution is -2.51. The molecule has 2 aromatic rings. The number of hydrogen-bond donors (Lipinski definition) is 0. The van der Waals surface area contributed by atoms with Crippen LogP contribution < -0.4 is 0 Å². The fourth-order valence-electron chi connectivity index (χ4n) is 6.41. The van der Waals surface area contributed by atoms with Crippen LogP contribution in [-0.4, -0.2) is 65.6 Å². The molecule has 6 nitrogen and oxygen atoms in total. The van der Waals surface area contributed by atoms with Crippen LogP contribution in [0, 0.1) is 24.6 Å². The van der Waals surface area contributed by atoms with Gasteiger partial charge in [0.25, 0.3) is 0 Å². The highest BCUT2D eigenvalue weighted by molar-refractivity contribution is 5.83. The van der Waals surface area contributed by atoms with E-state index in [2.05, 4.69) is 0 Å². The third kappa shape index (κ3) is 7.61. The van der Waals surface area contributed by atoms with Crippen LogP contribution in [0.4, 0.5) is 30.7 Å². The van der Waals surface area contributed by atoms with Crippen molar-refractivity contribution in [3.63, 3.8) is 0 Å². The molecule has 2 aliphatic rings. The number of piperidine rings is 2. The molecule has 2 aliphatic heterocycles.